The lowest BCUT2D eigenvalue weighted by Crippen LogP contribution is -2.55. The number of carbonyl (C=O) groups excluding carboxylic acids is 1. The zero-order chi connectivity index (χ0) is 57.5. The number of aliphatic hydroxyl groups excluding tert-OH is 1. The van der Waals surface area contributed by atoms with Crippen molar-refractivity contribution in [3.63, 3.8) is 0 Å². The van der Waals surface area contributed by atoms with Gasteiger partial charge in [-0.2, -0.15) is 0 Å². The second-order valence-corrected chi connectivity index (χ2v) is 29.1. The highest BCUT2D eigenvalue weighted by atomic mass is 16.7. The summed E-state index contributed by atoms with van der Waals surface area (Å²) in [5.41, 5.74) is 7.49. The van der Waals surface area contributed by atoms with Crippen LogP contribution in [-0.4, -0.2) is 99.7 Å². The van der Waals surface area contributed by atoms with Crippen LogP contribution in [0.15, 0.2) is 82.5 Å². The number of hydrogen-bond donors (Lipinski definition) is 6. The first kappa shape index (κ1) is 57.5. The Kier molecular flexibility index (Phi) is 15.5. The quantitative estimate of drug-likeness (QED) is 0.105. The third-order valence-corrected chi connectivity index (χ3v) is 24.7. The summed E-state index contributed by atoms with van der Waals surface area (Å²) < 4.78 is 25.8. The monoisotopic (exact) mass is 1140 g/mol. The third kappa shape index (κ3) is 10.2. The van der Waals surface area contributed by atoms with Crippen molar-refractivity contribution in [2.75, 3.05) is 37.1 Å². The zero-order valence-electron chi connectivity index (χ0n) is 50.3. The molecule has 1 spiro atoms. The van der Waals surface area contributed by atoms with Crippen molar-refractivity contribution in [3.8, 4) is 23.7 Å². The van der Waals surface area contributed by atoms with E-state index in [-0.39, 0.29) is 55.1 Å². The maximum atomic E-state index is 13.0. The van der Waals surface area contributed by atoms with Crippen LogP contribution in [0.3, 0.4) is 0 Å². The standard InChI is InChI=1S/C73H94N2O9/c1-68-44-59(66-56-27-25-55(77)43-49(56)20-26-57(66)61(68)29-35-71(68,79)32-8-38-76)47-16-23-53(24-17-47)75-54-13-6-10-50(42-54)64-14-7-15-65(84-64)81-39-9-33-72(80)36-30-62-58-28-34-70(78)46-73(82-40-41-83-73)37-31-63(70)67(58)60(45-69(62,72)2)48-18-21-52(22-19-48)74-51-11-4-3-5-12-51/h16-19,21-24,43,50-51,54,57-62,64-65,74-76,78-80H,3-7,10-15,20,25-31,34-42,44-46H2,1-2H3/t50?,54?,57?,58?,59?,60?,61?,62?,64?,65?,68?,69?,70-,71+,72?/m1/s1. The van der Waals surface area contributed by atoms with Crippen molar-refractivity contribution in [3.05, 3.63) is 93.6 Å². The molecular weight excluding hydrogens is 1050 g/mol. The molecular formula is C73H94N2O9. The molecule has 10 aliphatic carbocycles. The molecule has 84 heavy (non-hydrogen) atoms. The second-order valence-electron chi connectivity index (χ2n) is 29.1. The molecule has 13 unspecified atom stereocenters. The Bertz CT molecular complexity index is 3040. The van der Waals surface area contributed by atoms with E-state index >= 15 is 0 Å². The van der Waals surface area contributed by atoms with Crippen molar-refractivity contribution < 1.29 is 44.2 Å². The summed E-state index contributed by atoms with van der Waals surface area (Å²) >= 11 is 0. The van der Waals surface area contributed by atoms with Gasteiger partial charge in [-0.25, -0.2) is 0 Å². The van der Waals surface area contributed by atoms with Gasteiger partial charge in [0.25, 0.3) is 0 Å². The fraction of sp³-hybridized carbons (Fsp3) is 0.685. The number of ether oxygens (including phenoxy) is 4. The van der Waals surface area contributed by atoms with Crippen LogP contribution in [0.4, 0.5) is 11.4 Å². The molecule has 6 N–H and O–H groups in total. The molecule has 2 heterocycles. The van der Waals surface area contributed by atoms with Crippen LogP contribution < -0.4 is 10.6 Å². The van der Waals surface area contributed by atoms with Crippen LogP contribution >= 0.6 is 0 Å². The zero-order valence-corrected chi connectivity index (χ0v) is 50.3. The predicted octanol–water partition coefficient (Wildman–Crippen LogP) is 12.6. The van der Waals surface area contributed by atoms with Gasteiger partial charge in [0.2, 0.25) is 0 Å². The summed E-state index contributed by atoms with van der Waals surface area (Å²) in [5.74, 6) is 14.2. The molecule has 0 bridgehead atoms. The van der Waals surface area contributed by atoms with Crippen molar-refractivity contribution in [2.45, 2.75) is 246 Å². The molecule has 15 atom stereocenters. The number of allylic oxidation sites excluding steroid dienone is 5. The Morgan fingerprint density at radius 1 is 0.631 bits per heavy atom. The Balaban J connectivity index is 0.632. The third-order valence-electron chi connectivity index (χ3n) is 24.7. The number of fused-ring (bicyclic) bond motifs is 8. The summed E-state index contributed by atoms with van der Waals surface area (Å²) in [6, 6.07) is 19.2. The maximum absolute atomic E-state index is 13.0. The summed E-state index contributed by atoms with van der Waals surface area (Å²) in [4.78, 5) is 12.7. The molecule has 0 radical (unpaired) electrons. The Morgan fingerprint density at radius 3 is 1.95 bits per heavy atom. The minimum Gasteiger partial charge on any atom is -0.385 e. The van der Waals surface area contributed by atoms with Crippen molar-refractivity contribution >= 4 is 17.2 Å². The van der Waals surface area contributed by atoms with Gasteiger partial charge < -0.3 is 50.0 Å². The fourth-order valence-corrected chi connectivity index (χ4v) is 20.5. The van der Waals surface area contributed by atoms with Crippen LogP contribution in [-0.2, 0) is 23.7 Å². The van der Waals surface area contributed by atoms with Gasteiger partial charge in [0.1, 0.15) is 24.4 Å². The van der Waals surface area contributed by atoms with E-state index in [0.717, 1.165) is 115 Å². The van der Waals surface area contributed by atoms with Gasteiger partial charge in [-0.1, -0.05) is 98.6 Å². The van der Waals surface area contributed by atoms with E-state index in [9.17, 15) is 25.2 Å². The summed E-state index contributed by atoms with van der Waals surface area (Å²) in [5, 5.41) is 55.3. The van der Waals surface area contributed by atoms with Crippen LogP contribution in [0.2, 0.25) is 0 Å². The SMILES string of the molecule is CC12CC(c3ccc(NC4CCCCC4)cc3)C3=C4CCC5(C[C@]4(O)CCC3C1CCC2(O)C#CCOC1CCCC(C2CCCC(Nc3ccc(C4CC6(C)C(CC[C@@]6(O)C#CCO)C6CCC7=CC(=O)CCC7=C46)cc3)C2)O1)OCCO5. The minimum atomic E-state index is -1.17. The number of ketones is 1. The van der Waals surface area contributed by atoms with E-state index in [0.29, 0.717) is 75.2 Å². The number of nitrogens with one attached hydrogen (secondary N) is 2. The van der Waals surface area contributed by atoms with Crippen molar-refractivity contribution in [1.29, 1.82) is 0 Å². The number of aliphatic hydroxyl groups is 4. The van der Waals surface area contributed by atoms with Crippen LogP contribution in [0.5, 0.6) is 0 Å². The summed E-state index contributed by atoms with van der Waals surface area (Å²) in [6.45, 7) is 5.71. The summed E-state index contributed by atoms with van der Waals surface area (Å²) in [6.07, 6.45) is 27.0. The number of hydrogen-bond acceptors (Lipinski definition) is 11. The normalized spacial score (nSPS) is 40.6. The highest BCUT2D eigenvalue weighted by Crippen LogP contribution is 2.69. The Morgan fingerprint density at radius 2 is 1.26 bits per heavy atom. The van der Waals surface area contributed by atoms with Crippen molar-refractivity contribution in [1.82, 2.24) is 0 Å². The molecule has 7 saturated carbocycles. The molecule has 11 nitrogen and oxygen atoms in total. The molecule has 2 aliphatic heterocycles. The van der Waals surface area contributed by atoms with Crippen LogP contribution in [0.1, 0.15) is 210 Å². The van der Waals surface area contributed by atoms with Gasteiger partial charge >= 0.3 is 0 Å². The van der Waals surface area contributed by atoms with Crippen LogP contribution in [0.25, 0.3) is 0 Å². The summed E-state index contributed by atoms with van der Waals surface area (Å²) in [7, 11) is 0. The number of anilines is 2. The molecule has 14 rings (SSSR count). The lowest BCUT2D eigenvalue weighted by atomic mass is 9.49. The number of carbonyl (C=O) groups is 1. The van der Waals surface area contributed by atoms with Crippen LogP contribution in [0, 0.1) is 64.1 Å². The first-order chi connectivity index (χ1) is 40.7. The molecule has 0 amide bonds. The Hall–Kier alpha value is -4.27. The lowest BCUT2D eigenvalue weighted by molar-refractivity contribution is -0.208. The van der Waals surface area contributed by atoms with Gasteiger partial charge in [0.05, 0.1) is 24.9 Å². The first-order valence-electron chi connectivity index (χ1n) is 33.4. The van der Waals surface area contributed by atoms with E-state index in [1.54, 1.807) is 0 Å². The molecule has 12 aliphatic rings. The number of rotatable bonds is 9. The van der Waals surface area contributed by atoms with Gasteiger partial charge in [0, 0.05) is 65.4 Å². The molecule has 0 aromatic heterocycles. The molecule has 2 aromatic rings. The molecule has 2 saturated heterocycles. The average molecular weight is 1140 g/mol. The second kappa shape index (κ2) is 22.7. The van der Waals surface area contributed by atoms with Gasteiger partial charge in [-0.3, -0.25) is 4.79 Å². The molecule has 9 fully saturated rings. The maximum Gasteiger partial charge on any atom is 0.171 e. The Labute approximate surface area is 500 Å². The molecule has 2 aromatic carbocycles. The van der Waals surface area contributed by atoms with E-state index in [2.05, 4.69) is 96.7 Å². The average Bonchev–Trinajstić information content (AvgIpc) is 1.44. The van der Waals surface area contributed by atoms with Gasteiger partial charge in [0.15, 0.2) is 17.9 Å². The van der Waals surface area contributed by atoms with Gasteiger partial charge in [-0.15, -0.1) is 0 Å². The fourth-order valence-electron chi connectivity index (χ4n) is 20.5. The van der Waals surface area contributed by atoms with E-state index in [1.807, 2.05) is 6.08 Å². The largest absolute Gasteiger partial charge is 0.385 e. The molecule has 11 heteroatoms. The van der Waals surface area contributed by atoms with Gasteiger partial charge in [-0.05, 0) is 216 Å². The smallest absolute Gasteiger partial charge is 0.171 e. The van der Waals surface area contributed by atoms with Crippen molar-refractivity contribution in [2.24, 2.45) is 40.4 Å². The van der Waals surface area contributed by atoms with E-state index in [1.165, 1.54) is 76.8 Å². The predicted molar refractivity (Wildman–Crippen MR) is 325 cm³/mol. The molecule has 450 valence electrons. The van der Waals surface area contributed by atoms with E-state index < -0.39 is 33.4 Å². The minimum absolute atomic E-state index is 0.0631. The highest BCUT2D eigenvalue weighted by molar-refractivity contribution is 5.93. The highest BCUT2D eigenvalue weighted by Gasteiger charge is 2.66. The van der Waals surface area contributed by atoms with E-state index in [4.69, 9.17) is 18.9 Å². The number of benzene rings is 2. The topological polar surface area (TPSA) is 159 Å². The first-order valence-corrected chi connectivity index (χ1v) is 33.4. The lowest BCUT2D eigenvalue weighted by Gasteiger charge is -2.57.